The summed E-state index contributed by atoms with van der Waals surface area (Å²) in [4.78, 5) is 26.6. The average molecular weight is 755 g/mol. The van der Waals surface area contributed by atoms with Crippen LogP contribution in [0.2, 0.25) is 0 Å². The molecule has 0 atom stereocenters. The molecule has 0 N–H and O–H groups in total. The SMILES string of the molecule is CCCCCCCCCCCCCCCCCCCCC(=O)C(C)(COS(C)(=O)=O)C(=O)CCCCCCCCCCCCCCCCCCCC. The van der Waals surface area contributed by atoms with Gasteiger partial charge in [0.05, 0.1) is 12.9 Å². The third kappa shape index (κ3) is 33.8. The van der Waals surface area contributed by atoms with E-state index >= 15 is 0 Å². The van der Waals surface area contributed by atoms with E-state index in [0.717, 1.165) is 44.8 Å². The van der Waals surface area contributed by atoms with Crippen molar-refractivity contribution in [2.24, 2.45) is 5.41 Å². The van der Waals surface area contributed by atoms with Crippen LogP contribution in [0.15, 0.2) is 0 Å². The molecule has 0 unspecified atom stereocenters. The van der Waals surface area contributed by atoms with Crippen LogP contribution < -0.4 is 0 Å². The van der Waals surface area contributed by atoms with E-state index in [1.807, 2.05) is 0 Å². The molecule has 0 bridgehead atoms. The summed E-state index contributed by atoms with van der Waals surface area (Å²) in [6.07, 6.45) is 48.0. The molecule has 6 heteroatoms. The highest BCUT2D eigenvalue weighted by Gasteiger charge is 2.40. The van der Waals surface area contributed by atoms with E-state index in [2.05, 4.69) is 13.8 Å². The zero-order valence-electron chi connectivity index (χ0n) is 35.5. The lowest BCUT2D eigenvalue weighted by Gasteiger charge is -2.26. The Morgan fingerprint density at radius 3 is 0.769 bits per heavy atom. The molecule has 0 radical (unpaired) electrons. The lowest BCUT2D eigenvalue weighted by Crippen LogP contribution is -2.41. The van der Waals surface area contributed by atoms with Crippen molar-refractivity contribution in [2.45, 2.75) is 265 Å². The van der Waals surface area contributed by atoms with E-state index in [0.29, 0.717) is 12.8 Å². The van der Waals surface area contributed by atoms with Gasteiger partial charge in [0, 0.05) is 12.8 Å². The predicted molar refractivity (Wildman–Crippen MR) is 226 cm³/mol. The number of carbonyl (C=O) groups is 2. The topological polar surface area (TPSA) is 77.5 Å². The predicted octanol–water partition coefficient (Wildman–Crippen LogP) is 15.0. The molecule has 0 amide bonds. The Balaban J connectivity index is 3.99. The molecule has 0 saturated heterocycles. The first kappa shape index (κ1) is 51.2. The second-order valence-electron chi connectivity index (χ2n) is 16.7. The molecule has 0 aliphatic carbocycles. The Labute approximate surface area is 325 Å². The highest BCUT2D eigenvalue weighted by molar-refractivity contribution is 7.86. The Bertz CT molecular complexity index is 846. The van der Waals surface area contributed by atoms with Gasteiger partial charge in [0.1, 0.15) is 17.0 Å². The zero-order valence-corrected chi connectivity index (χ0v) is 36.3. The second-order valence-corrected chi connectivity index (χ2v) is 18.3. The normalized spacial score (nSPS) is 12.2. The van der Waals surface area contributed by atoms with E-state index in [1.165, 1.54) is 193 Å². The van der Waals surface area contributed by atoms with Gasteiger partial charge in [-0.1, -0.05) is 232 Å². The van der Waals surface area contributed by atoms with Crippen LogP contribution in [0.4, 0.5) is 0 Å². The summed E-state index contributed by atoms with van der Waals surface area (Å²) in [6.45, 7) is 5.78. The summed E-state index contributed by atoms with van der Waals surface area (Å²) >= 11 is 0. The molecular formula is C46H90O5S. The number of carbonyl (C=O) groups excluding carboxylic acids is 2. The minimum atomic E-state index is -3.74. The van der Waals surface area contributed by atoms with Crippen LogP contribution in [0.5, 0.6) is 0 Å². The number of unbranched alkanes of at least 4 members (excludes halogenated alkanes) is 34. The number of ketones is 2. The fourth-order valence-corrected chi connectivity index (χ4v) is 7.92. The number of rotatable bonds is 43. The fraction of sp³-hybridized carbons (Fsp3) is 0.957. The van der Waals surface area contributed by atoms with E-state index in [1.54, 1.807) is 6.92 Å². The molecular weight excluding hydrogens is 665 g/mol. The van der Waals surface area contributed by atoms with Crippen molar-refractivity contribution in [1.82, 2.24) is 0 Å². The first-order chi connectivity index (χ1) is 25.2. The van der Waals surface area contributed by atoms with Gasteiger partial charge in [0.25, 0.3) is 10.1 Å². The molecule has 0 aliphatic heterocycles. The van der Waals surface area contributed by atoms with Crippen molar-refractivity contribution in [3.8, 4) is 0 Å². The van der Waals surface area contributed by atoms with Crippen molar-refractivity contribution >= 4 is 21.7 Å². The van der Waals surface area contributed by atoms with Gasteiger partial charge in [-0.2, -0.15) is 8.42 Å². The summed E-state index contributed by atoms with van der Waals surface area (Å²) < 4.78 is 28.5. The minimum absolute atomic E-state index is 0.167. The Morgan fingerprint density at radius 2 is 0.577 bits per heavy atom. The monoisotopic (exact) mass is 755 g/mol. The Kier molecular flexibility index (Phi) is 36.7. The smallest absolute Gasteiger partial charge is 0.264 e. The van der Waals surface area contributed by atoms with Crippen LogP contribution in [0.1, 0.15) is 265 Å². The quantitative estimate of drug-likeness (QED) is 0.0352. The molecule has 0 aromatic heterocycles. The van der Waals surface area contributed by atoms with Gasteiger partial charge in [-0.3, -0.25) is 13.8 Å². The molecule has 0 heterocycles. The van der Waals surface area contributed by atoms with E-state index < -0.39 is 15.5 Å². The van der Waals surface area contributed by atoms with Gasteiger partial charge in [-0.15, -0.1) is 0 Å². The molecule has 310 valence electrons. The first-order valence-corrected chi connectivity index (χ1v) is 24.9. The molecule has 52 heavy (non-hydrogen) atoms. The average Bonchev–Trinajstić information content (AvgIpc) is 3.12. The number of hydrogen-bond donors (Lipinski definition) is 0. The summed E-state index contributed by atoms with van der Waals surface area (Å²) in [5, 5.41) is 0. The molecule has 5 nitrogen and oxygen atoms in total. The Hall–Kier alpha value is -0.750. The lowest BCUT2D eigenvalue weighted by atomic mass is 9.78. The standard InChI is InChI=1S/C46H90O5S/c1-5-7-9-11-13-15-17-19-21-23-25-27-29-31-33-35-37-39-41-44(47)46(3,43-51-52(4,49)50)45(48)42-40-38-36-34-32-30-28-26-24-22-20-18-16-14-12-10-8-6-2/h5-43H2,1-4H3. The van der Waals surface area contributed by atoms with Crippen LogP contribution in [0, 0.1) is 5.41 Å². The summed E-state index contributed by atoms with van der Waals surface area (Å²) in [5.41, 5.74) is -1.38. The highest BCUT2D eigenvalue weighted by atomic mass is 32.2. The molecule has 0 aromatic carbocycles. The third-order valence-corrected chi connectivity index (χ3v) is 11.9. The van der Waals surface area contributed by atoms with Gasteiger partial charge in [-0.25, -0.2) is 0 Å². The summed E-state index contributed by atoms with van der Waals surface area (Å²) in [5.74, 6) is -0.333. The third-order valence-electron chi connectivity index (χ3n) is 11.3. The van der Waals surface area contributed by atoms with Crippen molar-refractivity contribution in [3.63, 3.8) is 0 Å². The number of hydrogen-bond acceptors (Lipinski definition) is 5. The van der Waals surface area contributed by atoms with Gasteiger partial charge < -0.3 is 0 Å². The maximum Gasteiger partial charge on any atom is 0.264 e. The second kappa shape index (κ2) is 37.2. The van der Waals surface area contributed by atoms with Crippen LogP contribution >= 0.6 is 0 Å². The van der Waals surface area contributed by atoms with Gasteiger partial charge in [0.15, 0.2) is 0 Å². The molecule has 0 saturated carbocycles. The fourth-order valence-electron chi connectivity index (χ4n) is 7.47. The van der Waals surface area contributed by atoms with E-state index in [4.69, 9.17) is 4.18 Å². The molecule has 0 aliphatic rings. The van der Waals surface area contributed by atoms with E-state index in [-0.39, 0.29) is 18.2 Å². The van der Waals surface area contributed by atoms with Crippen LogP contribution in [-0.2, 0) is 23.9 Å². The number of Topliss-reactive ketones (excluding diaryl/α,β-unsaturated/α-hetero) is 2. The van der Waals surface area contributed by atoms with Crippen molar-refractivity contribution < 1.29 is 22.2 Å². The van der Waals surface area contributed by atoms with Gasteiger partial charge >= 0.3 is 0 Å². The van der Waals surface area contributed by atoms with Crippen LogP contribution in [-0.4, -0.2) is 32.8 Å². The van der Waals surface area contributed by atoms with E-state index in [9.17, 15) is 18.0 Å². The maximum atomic E-state index is 13.3. The minimum Gasteiger partial charge on any atom is -0.299 e. The maximum absolute atomic E-state index is 13.3. The molecule has 0 rings (SSSR count). The molecule has 0 aromatic rings. The molecule has 0 spiro atoms. The first-order valence-electron chi connectivity index (χ1n) is 23.1. The molecule has 0 fully saturated rings. The van der Waals surface area contributed by atoms with Crippen molar-refractivity contribution in [1.29, 1.82) is 0 Å². The lowest BCUT2D eigenvalue weighted by molar-refractivity contribution is -0.141. The highest BCUT2D eigenvalue weighted by Crippen LogP contribution is 2.27. The zero-order chi connectivity index (χ0) is 38.4. The van der Waals surface area contributed by atoms with Crippen LogP contribution in [0.3, 0.4) is 0 Å². The van der Waals surface area contributed by atoms with Crippen LogP contribution in [0.25, 0.3) is 0 Å². The largest absolute Gasteiger partial charge is 0.299 e. The van der Waals surface area contributed by atoms with Gasteiger partial charge in [0.2, 0.25) is 0 Å². The van der Waals surface area contributed by atoms with Crippen molar-refractivity contribution in [3.05, 3.63) is 0 Å². The van der Waals surface area contributed by atoms with Crippen molar-refractivity contribution in [2.75, 3.05) is 12.9 Å². The van der Waals surface area contributed by atoms with Gasteiger partial charge in [-0.05, 0) is 19.8 Å². The Morgan fingerprint density at radius 1 is 0.385 bits per heavy atom. The summed E-state index contributed by atoms with van der Waals surface area (Å²) in [7, 11) is -3.74. The summed E-state index contributed by atoms with van der Waals surface area (Å²) in [6, 6.07) is 0.